The summed E-state index contributed by atoms with van der Waals surface area (Å²) < 4.78 is 2.03. The van der Waals surface area contributed by atoms with Gasteiger partial charge in [0.05, 0.1) is 34.7 Å². The molecule has 6 nitrogen and oxygen atoms in total. The Hall–Kier alpha value is -3.80. The second-order valence-corrected chi connectivity index (χ2v) is 7.41. The van der Waals surface area contributed by atoms with E-state index in [9.17, 15) is 0 Å². The van der Waals surface area contributed by atoms with Crippen LogP contribution in [0, 0.1) is 6.92 Å². The fourth-order valence-corrected chi connectivity index (χ4v) is 3.72. The van der Waals surface area contributed by atoms with Crippen LogP contribution in [0.5, 0.6) is 0 Å². The molecule has 0 N–H and O–H groups in total. The molecule has 2 aromatic carbocycles. The van der Waals surface area contributed by atoms with E-state index in [0.29, 0.717) is 0 Å². The zero-order valence-electron chi connectivity index (χ0n) is 17.0. The van der Waals surface area contributed by atoms with Gasteiger partial charge in [-0.1, -0.05) is 42.5 Å². The van der Waals surface area contributed by atoms with Gasteiger partial charge >= 0.3 is 0 Å². The SMILES string of the molecule is Cc1ncc2c(n1)N(C)CCC2=Nc1ccccc1-n1cnc(-c2ccccc2)c1. The van der Waals surface area contributed by atoms with Crippen molar-refractivity contribution in [3.05, 3.63) is 84.7 Å². The van der Waals surface area contributed by atoms with Crippen LogP contribution in [0.25, 0.3) is 16.9 Å². The lowest BCUT2D eigenvalue weighted by atomic mass is 10.0. The maximum atomic E-state index is 5.04. The molecule has 1 aliphatic heterocycles. The number of rotatable bonds is 3. The van der Waals surface area contributed by atoms with E-state index >= 15 is 0 Å². The van der Waals surface area contributed by atoms with Crippen LogP contribution in [-0.2, 0) is 0 Å². The average Bonchev–Trinajstić information content (AvgIpc) is 3.27. The van der Waals surface area contributed by atoms with Gasteiger partial charge in [-0.3, -0.25) is 4.99 Å². The molecule has 4 aromatic rings. The van der Waals surface area contributed by atoms with Crippen molar-refractivity contribution in [1.29, 1.82) is 0 Å². The fraction of sp³-hybridized carbons (Fsp3) is 0.167. The standard InChI is InChI=1S/C24H22N6/c1-17-25-14-19-20(12-13-29(2)24(19)27-17)28-21-10-6-7-11-23(21)30-15-22(26-16-30)18-8-4-3-5-9-18/h3-11,14-16H,12-13H2,1-2H3. The molecule has 0 saturated carbocycles. The normalized spacial score (nSPS) is 14.7. The van der Waals surface area contributed by atoms with E-state index in [0.717, 1.165) is 58.5 Å². The Morgan fingerprint density at radius 3 is 2.63 bits per heavy atom. The van der Waals surface area contributed by atoms with Crippen molar-refractivity contribution in [2.24, 2.45) is 4.99 Å². The van der Waals surface area contributed by atoms with Crippen LogP contribution in [-0.4, -0.2) is 38.8 Å². The number of fused-ring (bicyclic) bond motifs is 1. The third-order valence-electron chi connectivity index (χ3n) is 5.31. The Bertz CT molecular complexity index is 1230. The van der Waals surface area contributed by atoms with E-state index < -0.39 is 0 Å². The van der Waals surface area contributed by atoms with Crippen LogP contribution in [0.15, 0.2) is 78.3 Å². The molecule has 30 heavy (non-hydrogen) atoms. The minimum atomic E-state index is 0.772. The predicted molar refractivity (Wildman–Crippen MR) is 120 cm³/mol. The van der Waals surface area contributed by atoms with Crippen molar-refractivity contribution < 1.29 is 0 Å². The molecule has 0 amide bonds. The van der Waals surface area contributed by atoms with Crippen molar-refractivity contribution in [1.82, 2.24) is 19.5 Å². The maximum absolute atomic E-state index is 5.04. The number of hydrogen-bond acceptors (Lipinski definition) is 5. The van der Waals surface area contributed by atoms with Crippen LogP contribution in [0.2, 0.25) is 0 Å². The van der Waals surface area contributed by atoms with E-state index in [4.69, 9.17) is 4.99 Å². The molecule has 0 radical (unpaired) electrons. The molecule has 0 aliphatic carbocycles. The second-order valence-electron chi connectivity index (χ2n) is 7.41. The number of aryl methyl sites for hydroxylation is 1. The third-order valence-corrected chi connectivity index (χ3v) is 5.31. The van der Waals surface area contributed by atoms with Crippen LogP contribution in [0.3, 0.4) is 0 Å². The zero-order chi connectivity index (χ0) is 20.5. The Labute approximate surface area is 175 Å². The summed E-state index contributed by atoms with van der Waals surface area (Å²) in [5.74, 6) is 1.72. The smallest absolute Gasteiger partial charge is 0.141 e. The number of anilines is 1. The van der Waals surface area contributed by atoms with Crippen molar-refractivity contribution in [3.63, 3.8) is 0 Å². The van der Waals surface area contributed by atoms with Crippen molar-refractivity contribution in [2.45, 2.75) is 13.3 Å². The first-order chi connectivity index (χ1) is 14.7. The van der Waals surface area contributed by atoms with E-state index in [1.807, 2.05) is 66.6 Å². The van der Waals surface area contributed by atoms with Gasteiger partial charge in [0.15, 0.2) is 0 Å². The van der Waals surface area contributed by atoms with Gasteiger partial charge in [0.25, 0.3) is 0 Å². The highest BCUT2D eigenvalue weighted by Crippen LogP contribution is 2.30. The largest absolute Gasteiger partial charge is 0.359 e. The minimum absolute atomic E-state index is 0.772. The molecule has 0 unspecified atom stereocenters. The Balaban J connectivity index is 1.56. The Kier molecular flexibility index (Phi) is 4.59. The van der Waals surface area contributed by atoms with Gasteiger partial charge < -0.3 is 9.47 Å². The molecule has 0 saturated heterocycles. The summed E-state index contributed by atoms with van der Waals surface area (Å²) in [5.41, 5.74) is 5.94. The first-order valence-electron chi connectivity index (χ1n) is 10.0. The fourth-order valence-electron chi connectivity index (χ4n) is 3.72. The first kappa shape index (κ1) is 18.2. The van der Waals surface area contributed by atoms with Gasteiger partial charge in [-0.05, 0) is 19.1 Å². The number of aromatic nitrogens is 4. The number of nitrogens with zero attached hydrogens (tertiary/aromatic N) is 6. The number of para-hydroxylation sites is 2. The molecule has 5 rings (SSSR count). The summed E-state index contributed by atoms with van der Waals surface area (Å²) in [4.78, 5) is 20.8. The van der Waals surface area contributed by atoms with E-state index in [1.54, 1.807) is 0 Å². The van der Waals surface area contributed by atoms with Crippen molar-refractivity contribution in [3.8, 4) is 16.9 Å². The van der Waals surface area contributed by atoms with Gasteiger partial charge in [0.1, 0.15) is 11.6 Å². The summed E-state index contributed by atoms with van der Waals surface area (Å²) in [7, 11) is 2.06. The highest BCUT2D eigenvalue weighted by atomic mass is 15.2. The molecule has 0 atom stereocenters. The molecular weight excluding hydrogens is 372 g/mol. The predicted octanol–water partition coefficient (Wildman–Crippen LogP) is 4.60. The highest BCUT2D eigenvalue weighted by Gasteiger charge is 2.22. The zero-order valence-corrected chi connectivity index (χ0v) is 17.0. The third kappa shape index (κ3) is 3.37. The van der Waals surface area contributed by atoms with E-state index in [2.05, 4.69) is 45.1 Å². The molecule has 0 bridgehead atoms. The van der Waals surface area contributed by atoms with Crippen LogP contribution >= 0.6 is 0 Å². The summed E-state index contributed by atoms with van der Waals surface area (Å²) in [6.07, 6.45) is 6.63. The van der Waals surface area contributed by atoms with Gasteiger partial charge in [-0.25, -0.2) is 15.0 Å². The van der Waals surface area contributed by atoms with Gasteiger partial charge in [-0.15, -0.1) is 0 Å². The summed E-state index contributed by atoms with van der Waals surface area (Å²) in [6.45, 7) is 2.80. The summed E-state index contributed by atoms with van der Waals surface area (Å²) in [5, 5.41) is 0. The molecule has 0 spiro atoms. The highest BCUT2D eigenvalue weighted by molar-refractivity contribution is 6.07. The quantitative estimate of drug-likeness (QED) is 0.510. The van der Waals surface area contributed by atoms with E-state index in [-0.39, 0.29) is 0 Å². The number of aliphatic imine (C=N–C) groups is 1. The van der Waals surface area contributed by atoms with E-state index in [1.165, 1.54) is 0 Å². The first-order valence-corrected chi connectivity index (χ1v) is 10.0. The van der Waals surface area contributed by atoms with Crippen molar-refractivity contribution >= 4 is 17.2 Å². The summed E-state index contributed by atoms with van der Waals surface area (Å²) >= 11 is 0. The molecule has 6 heteroatoms. The van der Waals surface area contributed by atoms with Gasteiger partial charge in [-0.2, -0.15) is 0 Å². The lowest BCUT2D eigenvalue weighted by Gasteiger charge is -2.27. The molecule has 1 aliphatic rings. The minimum Gasteiger partial charge on any atom is -0.359 e. The van der Waals surface area contributed by atoms with Crippen LogP contribution < -0.4 is 4.90 Å². The Morgan fingerprint density at radius 2 is 1.77 bits per heavy atom. The monoisotopic (exact) mass is 394 g/mol. The molecule has 0 fully saturated rings. The Morgan fingerprint density at radius 1 is 0.967 bits per heavy atom. The maximum Gasteiger partial charge on any atom is 0.141 e. The molecule has 3 heterocycles. The molecular formula is C24H22N6. The summed E-state index contributed by atoms with van der Waals surface area (Å²) in [6, 6.07) is 18.3. The average molecular weight is 394 g/mol. The van der Waals surface area contributed by atoms with Crippen molar-refractivity contribution in [2.75, 3.05) is 18.5 Å². The lowest BCUT2D eigenvalue weighted by molar-refractivity contribution is 0.853. The molecule has 148 valence electrons. The van der Waals surface area contributed by atoms with Crippen LogP contribution in [0.1, 0.15) is 17.8 Å². The molecule has 2 aromatic heterocycles. The number of imidazole rings is 1. The van der Waals surface area contributed by atoms with Crippen LogP contribution in [0.4, 0.5) is 11.5 Å². The second kappa shape index (κ2) is 7.55. The van der Waals surface area contributed by atoms with Gasteiger partial charge in [0.2, 0.25) is 0 Å². The lowest BCUT2D eigenvalue weighted by Crippen LogP contribution is -2.30. The van der Waals surface area contributed by atoms with Gasteiger partial charge in [0, 0.05) is 38.0 Å². The topological polar surface area (TPSA) is 59.2 Å². The number of hydrogen-bond donors (Lipinski definition) is 0. The number of benzene rings is 2.